The number of aliphatic carboxylic acids is 1. The number of rotatable bonds is 5. The molecule has 2 aromatic heterocycles. The Morgan fingerprint density at radius 2 is 2.20 bits per heavy atom. The Morgan fingerprint density at radius 3 is 2.80 bits per heavy atom. The van der Waals surface area contributed by atoms with Crippen LogP contribution in [0.5, 0.6) is 0 Å². The van der Waals surface area contributed by atoms with Crippen LogP contribution in [0.2, 0.25) is 0 Å². The van der Waals surface area contributed by atoms with Gasteiger partial charge in [-0.05, 0) is 32.4 Å². The predicted octanol–water partition coefficient (Wildman–Crippen LogP) is 2.58. The van der Waals surface area contributed by atoms with E-state index in [4.69, 9.17) is 9.15 Å². The first-order chi connectivity index (χ1) is 11.9. The molecule has 1 N–H and O–H groups in total. The van der Waals surface area contributed by atoms with Gasteiger partial charge in [-0.25, -0.2) is 4.98 Å². The van der Waals surface area contributed by atoms with Crippen molar-refractivity contribution in [3.8, 4) is 10.8 Å². The van der Waals surface area contributed by atoms with Crippen LogP contribution in [0.3, 0.4) is 0 Å². The average Bonchev–Trinajstić information content (AvgIpc) is 3.26. The van der Waals surface area contributed by atoms with Gasteiger partial charge in [0.15, 0.2) is 10.8 Å². The third kappa shape index (κ3) is 3.19. The van der Waals surface area contributed by atoms with Crippen LogP contribution in [0.4, 0.5) is 0 Å². The molecule has 8 heteroatoms. The van der Waals surface area contributed by atoms with Crippen molar-refractivity contribution in [1.29, 1.82) is 0 Å². The van der Waals surface area contributed by atoms with Crippen molar-refractivity contribution in [2.75, 3.05) is 26.8 Å². The highest BCUT2D eigenvalue weighted by Gasteiger charge is 2.47. The maximum absolute atomic E-state index is 12.9. The van der Waals surface area contributed by atoms with E-state index in [0.717, 1.165) is 5.76 Å². The van der Waals surface area contributed by atoms with Crippen LogP contribution in [0.25, 0.3) is 10.8 Å². The summed E-state index contributed by atoms with van der Waals surface area (Å²) in [6.45, 7) is 4.24. The molecule has 0 aromatic carbocycles. The largest absolute Gasteiger partial charge is 0.481 e. The SMILES string of the molecule is COCC1(C(=O)O)CCN(C(=O)c2sc(-c3ccc(C)o3)nc2C)C1. The number of likely N-dealkylation sites (tertiary alicyclic amines) is 1. The molecule has 0 spiro atoms. The minimum absolute atomic E-state index is 0.0880. The summed E-state index contributed by atoms with van der Waals surface area (Å²) in [5.41, 5.74) is -0.414. The van der Waals surface area contributed by atoms with Gasteiger partial charge in [0.05, 0.1) is 12.3 Å². The molecule has 7 nitrogen and oxygen atoms in total. The summed E-state index contributed by atoms with van der Waals surface area (Å²) in [4.78, 5) is 31.0. The highest BCUT2D eigenvalue weighted by molar-refractivity contribution is 7.17. The number of hydrogen-bond donors (Lipinski definition) is 1. The van der Waals surface area contributed by atoms with Gasteiger partial charge in [0, 0.05) is 20.2 Å². The molecule has 3 heterocycles. The summed E-state index contributed by atoms with van der Waals surface area (Å²) in [5, 5.41) is 10.2. The highest BCUT2D eigenvalue weighted by atomic mass is 32.1. The van der Waals surface area contributed by atoms with Crippen LogP contribution in [0, 0.1) is 19.3 Å². The number of ether oxygens (including phenoxy) is 1. The number of furan rings is 1. The number of hydrogen-bond acceptors (Lipinski definition) is 6. The maximum Gasteiger partial charge on any atom is 0.313 e. The van der Waals surface area contributed by atoms with Crippen molar-refractivity contribution in [1.82, 2.24) is 9.88 Å². The zero-order valence-electron chi connectivity index (χ0n) is 14.4. The molecule has 0 saturated carbocycles. The minimum atomic E-state index is -1.04. The number of carbonyl (C=O) groups excluding carboxylic acids is 1. The average molecular weight is 364 g/mol. The van der Waals surface area contributed by atoms with E-state index in [9.17, 15) is 14.7 Å². The standard InChI is InChI=1S/C17H20N2O5S/c1-10-4-5-12(24-10)14-18-11(2)13(25-14)15(20)19-7-6-17(8-19,9-23-3)16(21)22/h4-5H,6-9H2,1-3H3,(H,21,22). The first kappa shape index (κ1) is 17.6. The van der Waals surface area contributed by atoms with Crippen LogP contribution >= 0.6 is 11.3 Å². The second-order valence-electron chi connectivity index (χ2n) is 6.34. The zero-order chi connectivity index (χ0) is 18.2. The normalized spacial score (nSPS) is 20.2. The van der Waals surface area contributed by atoms with Crippen LogP contribution in [-0.4, -0.2) is 53.7 Å². The van der Waals surface area contributed by atoms with E-state index in [2.05, 4.69) is 4.98 Å². The summed E-state index contributed by atoms with van der Waals surface area (Å²) in [5.74, 6) is 0.285. The summed E-state index contributed by atoms with van der Waals surface area (Å²) in [7, 11) is 1.47. The van der Waals surface area contributed by atoms with Gasteiger partial charge in [-0.15, -0.1) is 11.3 Å². The first-order valence-corrected chi connectivity index (χ1v) is 8.74. The lowest BCUT2D eigenvalue weighted by atomic mass is 9.88. The third-order valence-corrected chi connectivity index (χ3v) is 5.62. The number of carboxylic acid groups (broad SMARTS) is 1. The van der Waals surface area contributed by atoms with Crippen LogP contribution in [0.1, 0.15) is 27.5 Å². The lowest BCUT2D eigenvalue weighted by Gasteiger charge is -2.23. The fraction of sp³-hybridized carbons (Fsp3) is 0.471. The van der Waals surface area contributed by atoms with Gasteiger partial charge >= 0.3 is 5.97 Å². The number of aromatic nitrogens is 1. The molecule has 3 rings (SSSR count). The maximum atomic E-state index is 12.9. The number of carbonyl (C=O) groups is 2. The van der Waals surface area contributed by atoms with E-state index in [-0.39, 0.29) is 19.1 Å². The molecular formula is C17H20N2O5S. The number of carboxylic acids is 1. The summed E-state index contributed by atoms with van der Waals surface area (Å²) < 4.78 is 10.6. The molecule has 1 aliphatic heterocycles. The van der Waals surface area contributed by atoms with Crippen LogP contribution in [-0.2, 0) is 9.53 Å². The van der Waals surface area contributed by atoms with Crippen molar-refractivity contribution in [3.63, 3.8) is 0 Å². The molecule has 1 atom stereocenters. The third-order valence-electron chi connectivity index (χ3n) is 4.46. The molecule has 0 aliphatic carbocycles. The topological polar surface area (TPSA) is 92.9 Å². The Morgan fingerprint density at radius 1 is 1.44 bits per heavy atom. The molecule has 1 aliphatic rings. The Bertz CT molecular complexity index is 812. The Balaban J connectivity index is 1.82. The van der Waals surface area contributed by atoms with Gasteiger partial charge in [-0.2, -0.15) is 0 Å². The zero-order valence-corrected chi connectivity index (χ0v) is 15.2. The lowest BCUT2D eigenvalue weighted by Crippen LogP contribution is -2.40. The van der Waals surface area contributed by atoms with Crippen molar-refractivity contribution >= 4 is 23.2 Å². The molecule has 1 amide bonds. The van der Waals surface area contributed by atoms with Gasteiger partial charge in [0.1, 0.15) is 16.1 Å². The number of methoxy groups -OCH3 is 1. The number of thiazole rings is 1. The van der Waals surface area contributed by atoms with Gasteiger partial charge in [-0.1, -0.05) is 0 Å². The van der Waals surface area contributed by atoms with E-state index in [0.29, 0.717) is 34.3 Å². The molecule has 1 fully saturated rings. The minimum Gasteiger partial charge on any atom is -0.481 e. The molecule has 25 heavy (non-hydrogen) atoms. The molecule has 0 bridgehead atoms. The quantitative estimate of drug-likeness (QED) is 0.876. The predicted molar refractivity (Wildman–Crippen MR) is 91.8 cm³/mol. The molecular weight excluding hydrogens is 344 g/mol. The van der Waals surface area contributed by atoms with Gasteiger partial charge < -0.3 is 19.2 Å². The molecule has 1 unspecified atom stereocenters. The monoisotopic (exact) mass is 364 g/mol. The second kappa shape index (κ2) is 6.61. The lowest BCUT2D eigenvalue weighted by molar-refractivity contribution is -0.151. The second-order valence-corrected chi connectivity index (χ2v) is 7.34. The molecule has 0 radical (unpaired) electrons. The number of nitrogens with zero attached hydrogens (tertiary/aromatic N) is 2. The molecule has 2 aromatic rings. The summed E-state index contributed by atoms with van der Waals surface area (Å²) >= 11 is 1.27. The van der Waals surface area contributed by atoms with E-state index < -0.39 is 11.4 Å². The Labute approximate surface area is 149 Å². The van der Waals surface area contributed by atoms with Crippen LogP contribution in [0.15, 0.2) is 16.5 Å². The van der Waals surface area contributed by atoms with E-state index in [1.54, 1.807) is 11.8 Å². The summed E-state index contributed by atoms with van der Waals surface area (Å²) in [6.07, 6.45) is 0.379. The fourth-order valence-electron chi connectivity index (χ4n) is 3.07. The highest BCUT2D eigenvalue weighted by Crippen LogP contribution is 2.35. The first-order valence-electron chi connectivity index (χ1n) is 7.92. The summed E-state index contributed by atoms with van der Waals surface area (Å²) in [6, 6.07) is 3.67. The van der Waals surface area contributed by atoms with Crippen molar-refractivity contribution in [2.45, 2.75) is 20.3 Å². The Hall–Kier alpha value is -2.19. The fourth-order valence-corrected chi connectivity index (χ4v) is 4.07. The molecule has 134 valence electrons. The van der Waals surface area contributed by atoms with Crippen molar-refractivity contribution < 1.29 is 23.8 Å². The van der Waals surface area contributed by atoms with E-state index in [1.807, 2.05) is 19.1 Å². The van der Waals surface area contributed by atoms with Crippen molar-refractivity contribution in [3.05, 3.63) is 28.5 Å². The van der Waals surface area contributed by atoms with Gasteiger partial charge in [0.2, 0.25) is 0 Å². The van der Waals surface area contributed by atoms with E-state index >= 15 is 0 Å². The smallest absolute Gasteiger partial charge is 0.313 e. The molecule has 1 saturated heterocycles. The van der Waals surface area contributed by atoms with Crippen molar-refractivity contribution in [2.24, 2.45) is 5.41 Å². The van der Waals surface area contributed by atoms with Crippen LogP contribution < -0.4 is 0 Å². The van der Waals surface area contributed by atoms with Gasteiger partial charge in [-0.3, -0.25) is 9.59 Å². The van der Waals surface area contributed by atoms with Gasteiger partial charge in [0.25, 0.3) is 5.91 Å². The Kier molecular flexibility index (Phi) is 4.66. The number of aryl methyl sites for hydroxylation is 2. The number of amides is 1. The van der Waals surface area contributed by atoms with E-state index in [1.165, 1.54) is 18.4 Å².